The molecule has 2 spiro atoms. The van der Waals surface area contributed by atoms with Crippen molar-refractivity contribution in [3.05, 3.63) is 178 Å². The molecule has 3 aromatic heterocycles. The molecule has 11 rings (SSSR count). The van der Waals surface area contributed by atoms with Crippen molar-refractivity contribution in [3.8, 4) is 5.69 Å². The highest BCUT2D eigenvalue weighted by Crippen LogP contribution is 2.37. The van der Waals surface area contributed by atoms with Crippen LogP contribution in [0.2, 0.25) is 0 Å². The number of carboxylic acids is 1. The highest BCUT2D eigenvalue weighted by Gasteiger charge is 2.52. The summed E-state index contributed by atoms with van der Waals surface area (Å²) in [6.07, 6.45) is 2.12. The third-order valence-corrected chi connectivity index (χ3v) is 13.8. The lowest BCUT2D eigenvalue weighted by atomic mass is 10.1. The number of amides is 4. The molecule has 3 unspecified atom stereocenters. The first-order chi connectivity index (χ1) is 39.9. The minimum Gasteiger partial charge on any atom is -0.480 e. The van der Waals surface area contributed by atoms with Crippen molar-refractivity contribution in [2.75, 3.05) is 50.2 Å². The maximum atomic E-state index is 13.4. The third-order valence-electron chi connectivity index (χ3n) is 13.3. The number of aromatic amines is 2. The summed E-state index contributed by atoms with van der Waals surface area (Å²) in [5.74, 6) is -3.11. The molecule has 0 bridgehead atoms. The lowest BCUT2D eigenvalue weighted by molar-refractivity contribution is -0.139. The van der Waals surface area contributed by atoms with E-state index in [2.05, 4.69) is 61.5 Å². The van der Waals surface area contributed by atoms with E-state index in [9.17, 15) is 50.3 Å². The van der Waals surface area contributed by atoms with E-state index in [1.165, 1.54) is 40.4 Å². The number of nitrogens with one attached hydrogen (secondary N) is 4. The Kier molecular flexibility index (Phi) is 19.1. The van der Waals surface area contributed by atoms with E-state index >= 15 is 0 Å². The summed E-state index contributed by atoms with van der Waals surface area (Å²) < 4.78 is 91.4. The maximum absolute atomic E-state index is 13.4. The second-order valence-corrected chi connectivity index (χ2v) is 20.4. The number of benzene rings is 4. The van der Waals surface area contributed by atoms with Crippen molar-refractivity contribution in [3.63, 3.8) is 0 Å². The van der Waals surface area contributed by atoms with Gasteiger partial charge in [-0.25, -0.2) is 24.9 Å². The number of alkyl halides is 6. The number of H-pyrrole nitrogens is 2. The Labute approximate surface area is 483 Å². The van der Waals surface area contributed by atoms with Gasteiger partial charge in [0.2, 0.25) is 11.8 Å². The molecule has 2 fully saturated rings. The van der Waals surface area contributed by atoms with Crippen LogP contribution < -0.4 is 16.4 Å². The van der Waals surface area contributed by atoms with Gasteiger partial charge in [0.05, 0.1) is 62.2 Å². The summed E-state index contributed by atoms with van der Waals surface area (Å²) in [5.41, 5.74) is 6.69. The number of hydrogen-bond acceptors (Lipinski definition) is 13. The van der Waals surface area contributed by atoms with Gasteiger partial charge in [0.15, 0.2) is 11.3 Å². The van der Waals surface area contributed by atoms with Crippen LogP contribution in [0.15, 0.2) is 149 Å². The van der Waals surface area contributed by atoms with Crippen LogP contribution in [-0.4, -0.2) is 142 Å². The van der Waals surface area contributed by atoms with Crippen LogP contribution in [0.3, 0.4) is 0 Å². The number of rotatable bonds is 12. The van der Waals surface area contributed by atoms with E-state index in [1.807, 2.05) is 36.7 Å². The van der Waals surface area contributed by atoms with Crippen molar-refractivity contribution in [1.82, 2.24) is 39.3 Å². The zero-order chi connectivity index (χ0) is 60.4. The Bertz CT molecular complexity index is 3510. The smallest absolute Gasteiger partial charge is 0.416 e. The molecule has 4 aromatic carbocycles. The Hall–Kier alpha value is -8.86. The van der Waals surface area contributed by atoms with Crippen molar-refractivity contribution >= 4 is 68.3 Å². The lowest BCUT2D eigenvalue weighted by Crippen LogP contribution is -2.50. The summed E-state index contributed by atoms with van der Waals surface area (Å²) in [6, 6.07) is 22.1. The molecule has 4 aliphatic heterocycles. The average molecular weight is 1230 g/mol. The van der Waals surface area contributed by atoms with Gasteiger partial charge in [0, 0.05) is 81.9 Å². The fourth-order valence-corrected chi connectivity index (χ4v) is 9.28. The Morgan fingerprint density at radius 2 is 1.21 bits per heavy atom. The van der Waals surface area contributed by atoms with Gasteiger partial charge in [-0.2, -0.15) is 26.3 Å². The van der Waals surface area contributed by atoms with Crippen LogP contribution >= 0.6 is 15.9 Å². The van der Waals surface area contributed by atoms with Crippen LogP contribution in [0.4, 0.5) is 37.7 Å². The number of aryl methyl sites for hydroxylation is 2. The van der Waals surface area contributed by atoms with Gasteiger partial charge in [-0.05, 0) is 74.5 Å². The molecule has 7 heterocycles. The molecular formula is C56H54BrF6N13O8. The van der Waals surface area contributed by atoms with Crippen LogP contribution in [0.25, 0.3) is 5.69 Å². The number of anilines is 2. The number of carboxylic acid groups (broad SMARTS) is 1. The predicted octanol–water partition coefficient (Wildman–Crippen LogP) is 7.52. The summed E-state index contributed by atoms with van der Waals surface area (Å²) in [5, 5.41) is 13.3. The number of aliphatic imine (C=N–C) groups is 2. The average Bonchev–Trinajstić information content (AvgIpc) is 2.59. The van der Waals surface area contributed by atoms with Gasteiger partial charge in [0.25, 0.3) is 11.8 Å². The van der Waals surface area contributed by atoms with Crippen LogP contribution in [0.1, 0.15) is 52.2 Å². The number of nitrogens with zero attached hydrogens (tertiary/aromatic N) is 8. The van der Waals surface area contributed by atoms with E-state index in [0.29, 0.717) is 37.2 Å². The molecule has 440 valence electrons. The Balaban J connectivity index is 0.000000172. The summed E-state index contributed by atoms with van der Waals surface area (Å²) in [7, 11) is 0. The van der Waals surface area contributed by atoms with Gasteiger partial charge < -0.3 is 55.3 Å². The largest absolute Gasteiger partial charge is 0.480 e. The van der Waals surface area contributed by atoms with Crippen molar-refractivity contribution in [2.24, 2.45) is 15.7 Å². The maximum Gasteiger partial charge on any atom is 0.416 e. The summed E-state index contributed by atoms with van der Waals surface area (Å²) in [6.45, 7) is 4.15. The second-order valence-electron chi connectivity index (χ2n) is 19.5. The minimum atomic E-state index is -4.54. The minimum absolute atomic E-state index is 0.00255. The molecule has 3 atom stereocenters. The van der Waals surface area contributed by atoms with Gasteiger partial charge in [-0.3, -0.25) is 24.0 Å². The first-order valence-electron chi connectivity index (χ1n) is 25.6. The first-order valence-corrected chi connectivity index (χ1v) is 26.4. The molecule has 84 heavy (non-hydrogen) atoms. The third kappa shape index (κ3) is 15.2. The van der Waals surface area contributed by atoms with E-state index in [-0.39, 0.29) is 55.5 Å². The van der Waals surface area contributed by atoms with Crippen molar-refractivity contribution in [1.29, 1.82) is 0 Å². The fraction of sp³-hybridized carbons (Fsp3) is 0.286. The van der Waals surface area contributed by atoms with Crippen LogP contribution in [0, 0.1) is 13.8 Å². The number of carbonyl (C=O) groups excluding carboxylic acids is 4. The van der Waals surface area contributed by atoms with Crippen molar-refractivity contribution in [2.45, 2.75) is 62.8 Å². The van der Waals surface area contributed by atoms with E-state index in [1.54, 1.807) is 61.4 Å². The number of hydrogen-bond donors (Lipinski definition) is 6. The SMILES string of the molecule is Cc1cn(-c2ccc(C3=NC4(CCOC4)N(CC(=O)Nc4cccc(C(F)(F)F)c4)C3=O)cc2)cn1.Cc1cnc[nH]1.NC(Cc1cnc[nH]1)C(=O)O.O=C(CN1C(=O)C(c2ccc(Br)cc2)=NC12CCOC2)Nc1cccc(C(F)(F)F)c1. The number of carbonyl (C=O) groups is 5. The highest BCUT2D eigenvalue weighted by molar-refractivity contribution is 9.10. The molecule has 0 saturated carbocycles. The fourth-order valence-electron chi connectivity index (χ4n) is 9.01. The zero-order valence-electron chi connectivity index (χ0n) is 44.7. The number of imidazole rings is 3. The number of ether oxygens (including phenoxy) is 2. The first kappa shape index (κ1) is 61.2. The van der Waals surface area contributed by atoms with Gasteiger partial charge in [-0.15, -0.1) is 0 Å². The number of aliphatic carboxylic acids is 1. The quantitative estimate of drug-likeness (QED) is 0.0648. The van der Waals surface area contributed by atoms with Crippen molar-refractivity contribution < 1.29 is 64.9 Å². The number of aromatic nitrogens is 6. The van der Waals surface area contributed by atoms with Gasteiger partial charge in [-0.1, -0.05) is 52.3 Å². The Morgan fingerprint density at radius 3 is 1.60 bits per heavy atom. The molecule has 7 N–H and O–H groups in total. The van der Waals surface area contributed by atoms with E-state index in [4.69, 9.17) is 20.3 Å². The molecule has 4 amide bonds. The number of halogens is 7. The highest BCUT2D eigenvalue weighted by atomic mass is 79.9. The monoisotopic (exact) mass is 1230 g/mol. The lowest BCUT2D eigenvalue weighted by Gasteiger charge is -2.30. The Morgan fingerprint density at radius 1 is 0.726 bits per heavy atom. The summed E-state index contributed by atoms with van der Waals surface area (Å²) >= 11 is 3.34. The summed E-state index contributed by atoms with van der Waals surface area (Å²) in [4.78, 5) is 91.5. The van der Waals surface area contributed by atoms with Gasteiger partial charge >= 0.3 is 18.3 Å². The molecule has 0 aliphatic carbocycles. The molecule has 0 radical (unpaired) electrons. The molecule has 4 aliphatic rings. The topological polar surface area (TPSA) is 280 Å². The standard InChI is InChI=1S/C25H22F3N5O3.C21H17BrF3N3O3.C6H9N3O2.C4H6N2/c1-16-12-32(15-29-16)20-7-5-17(6-8-20)22-23(35)33(24(31-22)9-10-36-14-24)13-21(34)30-19-4-2-3-18(11-19)25(26,27)28;22-15-6-4-13(5-7-15)18-19(30)28(20(27-18)8-9-31-12-20)11-17(29)26-16-3-1-2-14(10-16)21(23,24)25;7-5(6(10)11)1-4-2-8-3-9-4;1-4-2-5-3-6-4/h2-8,11-12,15H,9-10,13-14H2,1H3,(H,30,34);1-7,10H,8-9,11-12H2,(H,26,29);2-3,5H,1,7H2,(H,8,9)(H,10,11);2-3H,1H3,(H,5,6). The van der Waals surface area contributed by atoms with Crippen LogP contribution in [0.5, 0.6) is 0 Å². The molecular weight excluding hydrogens is 1180 g/mol. The van der Waals surface area contributed by atoms with E-state index < -0.39 is 70.4 Å². The normalized spacial score (nSPS) is 18.5. The van der Waals surface area contributed by atoms with Crippen LogP contribution in [-0.2, 0) is 52.2 Å². The van der Waals surface area contributed by atoms with E-state index in [0.717, 1.165) is 51.5 Å². The van der Waals surface area contributed by atoms with Gasteiger partial charge in [0.1, 0.15) is 30.6 Å². The zero-order valence-corrected chi connectivity index (χ0v) is 46.3. The predicted molar refractivity (Wildman–Crippen MR) is 297 cm³/mol. The molecule has 7 aromatic rings. The molecule has 28 heteroatoms. The second kappa shape index (κ2) is 26.2. The number of nitrogens with two attached hydrogens (primary N) is 1. The molecule has 21 nitrogen and oxygen atoms in total. The molecule has 2 saturated heterocycles.